The van der Waals surface area contributed by atoms with Crippen LogP contribution in [-0.4, -0.2) is 10.1 Å². The average Bonchev–Trinajstić information content (AvgIpc) is 2.38. The van der Waals surface area contributed by atoms with E-state index in [-0.39, 0.29) is 10.7 Å². The van der Waals surface area contributed by atoms with Crippen molar-refractivity contribution in [1.29, 1.82) is 0 Å². The molecule has 19 heavy (non-hydrogen) atoms. The predicted molar refractivity (Wildman–Crippen MR) is 64.8 cm³/mol. The monoisotopic (exact) mass is 287 g/mol. The van der Waals surface area contributed by atoms with Gasteiger partial charge in [-0.25, -0.2) is 4.98 Å². The Morgan fingerprint density at radius 2 is 1.84 bits per heavy atom. The number of aliphatic hydroxyl groups excluding tert-OH is 1. The smallest absolute Gasteiger partial charge is 0.384 e. The van der Waals surface area contributed by atoms with E-state index < -0.39 is 17.8 Å². The number of nitrogens with zero attached hydrogens (tertiary/aromatic N) is 1. The van der Waals surface area contributed by atoms with Crippen LogP contribution in [-0.2, 0) is 6.18 Å². The highest BCUT2D eigenvalue weighted by atomic mass is 35.5. The molecule has 1 aromatic carbocycles. The summed E-state index contributed by atoms with van der Waals surface area (Å²) in [5, 5.41) is 10.3. The molecular weight excluding hydrogens is 279 g/mol. The molecular formula is C13H9ClF3NO. The molecule has 0 amide bonds. The second-order valence-corrected chi connectivity index (χ2v) is 4.33. The molecule has 1 aromatic heterocycles. The number of halogens is 4. The van der Waals surface area contributed by atoms with Crippen LogP contribution >= 0.6 is 11.6 Å². The minimum Gasteiger partial charge on any atom is -0.384 e. The van der Waals surface area contributed by atoms with Crippen LogP contribution in [0, 0.1) is 0 Å². The van der Waals surface area contributed by atoms with Crippen LogP contribution in [0.2, 0.25) is 5.15 Å². The van der Waals surface area contributed by atoms with Gasteiger partial charge in [0, 0.05) is 11.8 Å². The molecule has 2 rings (SSSR count). The Labute approximate surface area is 112 Å². The van der Waals surface area contributed by atoms with Crippen molar-refractivity contribution in [2.75, 3.05) is 0 Å². The standard InChI is InChI=1S/C13H9ClF3NO/c14-11-5-4-9(7-18-11)12(19)8-2-1-3-10(6-8)13(15,16)17/h1-7,12,19H. The summed E-state index contributed by atoms with van der Waals surface area (Å²) in [4.78, 5) is 3.78. The van der Waals surface area contributed by atoms with Crippen LogP contribution in [0.1, 0.15) is 22.8 Å². The number of rotatable bonds is 2. The van der Waals surface area contributed by atoms with E-state index in [9.17, 15) is 18.3 Å². The molecule has 2 aromatic rings. The zero-order valence-corrected chi connectivity index (χ0v) is 10.3. The van der Waals surface area contributed by atoms with E-state index in [4.69, 9.17) is 11.6 Å². The normalized spacial score (nSPS) is 13.3. The second-order valence-electron chi connectivity index (χ2n) is 3.94. The molecule has 2 nitrogen and oxygen atoms in total. The molecule has 1 N–H and O–H groups in total. The molecule has 6 heteroatoms. The Hall–Kier alpha value is -1.59. The summed E-state index contributed by atoms with van der Waals surface area (Å²) in [5.41, 5.74) is -0.270. The molecule has 0 bridgehead atoms. The zero-order chi connectivity index (χ0) is 14.0. The van der Waals surface area contributed by atoms with E-state index >= 15 is 0 Å². The maximum atomic E-state index is 12.6. The largest absolute Gasteiger partial charge is 0.416 e. The van der Waals surface area contributed by atoms with Crippen molar-refractivity contribution in [2.45, 2.75) is 12.3 Å². The van der Waals surface area contributed by atoms with Gasteiger partial charge in [-0.15, -0.1) is 0 Å². The summed E-state index contributed by atoms with van der Waals surface area (Å²) >= 11 is 5.61. The average molecular weight is 288 g/mol. The van der Waals surface area contributed by atoms with Crippen molar-refractivity contribution in [1.82, 2.24) is 4.98 Å². The minimum atomic E-state index is -4.44. The lowest BCUT2D eigenvalue weighted by molar-refractivity contribution is -0.137. The molecule has 0 aliphatic carbocycles. The van der Waals surface area contributed by atoms with Crippen LogP contribution in [0.5, 0.6) is 0 Å². The predicted octanol–water partition coefficient (Wildman–Crippen LogP) is 3.84. The molecule has 0 saturated carbocycles. The molecule has 0 radical (unpaired) electrons. The Balaban J connectivity index is 2.34. The molecule has 0 aliphatic rings. The third-order valence-corrected chi connectivity index (χ3v) is 2.82. The number of pyridine rings is 1. The van der Waals surface area contributed by atoms with E-state index in [2.05, 4.69) is 4.98 Å². The van der Waals surface area contributed by atoms with Crippen LogP contribution < -0.4 is 0 Å². The van der Waals surface area contributed by atoms with Gasteiger partial charge in [-0.05, 0) is 23.8 Å². The van der Waals surface area contributed by atoms with Crippen LogP contribution in [0.25, 0.3) is 0 Å². The lowest BCUT2D eigenvalue weighted by Crippen LogP contribution is -2.07. The van der Waals surface area contributed by atoms with Gasteiger partial charge in [-0.3, -0.25) is 0 Å². The van der Waals surface area contributed by atoms with Crippen LogP contribution in [0.4, 0.5) is 13.2 Å². The van der Waals surface area contributed by atoms with Crippen molar-refractivity contribution in [3.8, 4) is 0 Å². The van der Waals surface area contributed by atoms with E-state index in [1.165, 1.54) is 30.5 Å². The molecule has 0 aliphatic heterocycles. The summed E-state index contributed by atoms with van der Waals surface area (Å²) < 4.78 is 37.7. The number of hydrogen-bond acceptors (Lipinski definition) is 2. The Bertz CT molecular complexity index is 569. The first-order valence-corrected chi connectivity index (χ1v) is 5.72. The molecule has 0 spiro atoms. The SMILES string of the molecule is OC(c1ccc(Cl)nc1)c1cccc(C(F)(F)F)c1. The lowest BCUT2D eigenvalue weighted by Gasteiger charge is -2.13. The van der Waals surface area contributed by atoms with Gasteiger partial charge < -0.3 is 5.11 Å². The van der Waals surface area contributed by atoms with Gasteiger partial charge in [0.2, 0.25) is 0 Å². The first-order chi connectivity index (χ1) is 8.88. The molecule has 0 saturated heterocycles. The summed E-state index contributed by atoms with van der Waals surface area (Å²) in [6.45, 7) is 0. The number of aromatic nitrogens is 1. The highest BCUT2D eigenvalue weighted by molar-refractivity contribution is 6.29. The summed E-state index contributed by atoms with van der Waals surface area (Å²) in [7, 11) is 0. The topological polar surface area (TPSA) is 33.1 Å². The molecule has 1 heterocycles. The number of alkyl halides is 3. The third-order valence-electron chi connectivity index (χ3n) is 2.60. The van der Waals surface area contributed by atoms with E-state index in [0.717, 1.165) is 12.1 Å². The first kappa shape index (κ1) is 13.8. The van der Waals surface area contributed by atoms with Gasteiger partial charge in [0.25, 0.3) is 0 Å². The van der Waals surface area contributed by atoms with Gasteiger partial charge in [-0.2, -0.15) is 13.2 Å². The summed E-state index contributed by atoms with van der Waals surface area (Å²) in [6.07, 6.45) is -4.28. The number of aliphatic hydroxyl groups is 1. The van der Waals surface area contributed by atoms with Crippen molar-refractivity contribution in [3.05, 3.63) is 64.4 Å². The minimum absolute atomic E-state index is 0.152. The van der Waals surface area contributed by atoms with E-state index in [0.29, 0.717) is 5.56 Å². The van der Waals surface area contributed by atoms with Gasteiger partial charge in [0.05, 0.1) is 5.56 Å². The highest BCUT2D eigenvalue weighted by Crippen LogP contribution is 2.32. The van der Waals surface area contributed by atoms with Crippen LogP contribution in [0.15, 0.2) is 42.6 Å². The van der Waals surface area contributed by atoms with Gasteiger partial charge >= 0.3 is 6.18 Å². The van der Waals surface area contributed by atoms with Crippen molar-refractivity contribution < 1.29 is 18.3 Å². The Morgan fingerprint density at radius 3 is 2.42 bits per heavy atom. The first-order valence-electron chi connectivity index (χ1n) is 5.34. The van der Waals surface area contributed by atoms with Gasteiger partial charge in [0.15, 0.2) is 0 Å². The van der Waals surface area contributed by atoms with Crippen LogP contribution in [0.3, 0.4) is 0 Å². The molecule has 1 unspecified atom stereocenters. The number of benzene rings is 1. The zero-order valence-electron chi connectivity index (χ0n) is 9.53. The lowest BCUT2D eigenvalue weighted by atomic mass is 10.0. The fourth-order valence-electron chi connectivity index (χ4n) is 1.63. The number of hydrogen-bond donors (Lipinski definition) is 1. The molecule has 0 fully saturated rings. The van der Waals surface area contributed by atoms with Crippen molar-refractivity contribution >= 4 is 11.6 Å². The van der Waals surface area contributed by atoms with Gasteiger partial charge in [0.1, 0.15) is 11.3 Å². The second kappa shape index (κ2) is 5.19. The Morgan fingerprint density at radius 1 is 1.11 bits per heavy atom. The van der Waals surface area contributed by atoms with Crippen molar-refractivity contribution in [2.24, 2.45) is 0 Å². The maximum Gasteiger partial charge on any atom is 0.416 e. The maximum absolute atomic E-state index is 12.6. The quantitative estimate of drug-likeness (QED) is 0.852. The van der Waals surface area contributed by atoms with Crippen molar-refractivity contribution in [3.63, 3.8) is 0 Å². The fourth-order valence-corrected chi connectivity index (χ4v) is 1.74. The van der Waals surface area contributed by atoms with E-state index in [1.54, 1.807) is 0 Å². The molecule has 1 atom stereocenters. The fraction of sp³-hybridized carbons (Fsp3) is 0.154. The molecule has 100 valence electrons. The Kier molecular flexibility index (Phi) is 3.78. The van der Waals surface area contributed by atoms with Gasteiger partial charge in [-0.1, -0.05) is 29.8 Å². The third kappa shape index (κ3) is 3.24. The summed E-state index contributed by atoms with van der Waals surface area (Å²) in [5.74, 6) is 0. The highest BCUT2D eigenvalue weighted by Gasteiger charge is 2.30. The van der Waals surface area contributed by atoms with E-state index in [1.807, 2.05) is 0 Å². The summed E-state index contributed by atoms with van der Waals surface area (Å²) in [6, 6.07) is 7.53.